The molecule has 0 saturated heterocycles. The number of rotatable bonds is 3. The van der Waals surface area contributed by atoms with Crippen LogP contribution in [0.15, 0.2) is 24.3 Å². The Kier molecular flexibility index (Phi) is 3.72. The number of carbonyl (C=O) groups is 1. The van der Waals surface area contributed by atoms with Crippen molar-refractivity contribution < 1.29 is 4.79 Å². The van der Waals surface area contributed by atoms with E-state index < -0.39 is 0 Å². The fourth-order valence-electron chi connectivity index (χ4n) is 2.91. The Morgan fingerprint density at radius 1 is 1.33 bits per heavy atom. The molecule has 1 amide bonds. The summed E-state index contributed by atoms with van der Waals surface area (Å²) in [6.45, 7) is 8.27. The third kappa shape index (κ3) is 2.68. The zero-order valence-corrected chi connectivity index (χ0v) is 13.5. The number of carbonyl (C=O) groups excluding carboxylic acids is 1. The quantitative estimate of drug-likeness (QED) is 0.929. The average Bonchev–Trinajstić information content (AvgIpc) is 3.01. The van der Waals surface area contributed by atoms with Gasteiger partial charge in [-0.3, -0.25) is 4.79 Å². The molecule has 2 heterocycles. The first-order chi connectivity index (χ1) is 10.1. The summed E-state index contributed by atoms with van der Waals surface area (Å²) in [4.78, 5) is 17.0. The first kappa shape index (κ1) is 14.1. The van der Waals surface area contributed by atoms with E-state index in [2.05, 4.69) is 29.3 Å². The van der Waals surface area contributed by atoms with Crippen molar-refractivity contribution in [2.45, 2.75) is 27.2 Å². The zero-order chi connectivity index (χ0) is 15.0. The molecule has 21 heavy (non-hydrogen) atoms. The van der Waals surface area contributed by atoms with E-state index >= 15 is 0 Å². The van der Waals surface area contributed by atoms with Crippen molar-refractivity contribution in [3.8, 4) is 0 Å². The van der Waals surface area contributed by atoms with Gasteiger partial charge >= 0.3 is 0 Å². The van der Waals surface area contributed by atoms with Gasteiger partial charge in [0.25, 0.3) is 5.91 Å². The summed E-state index contributed by atoms with van der Waals surface area (Å²) in [6.07, 6.45) is 1.10. The normalized spacial score (nSPS) is 13.4. The van der Waals surface area contributed by atoms with Crippen molar-refractivity contribution in [3.05, 3.63) is 45.1 Å². The molecule has 0 atom stereocenters. The van der Waals surface area contributed by atoms with Gasteiger partial charge in [-0.25, -0.2) is 0 Å². The van der Waals surface area contributed by atoms with Gasteiger partial charge in [-0.15, -0.1) is 11.3 Å². The number of fused-ring (bicyclic) bond motifs is 1. The Bertz CT molecular complexity index is 690. The summed E-state index contributed by atoms with van der Waals surface area (Å²) in [5.74, 6) is -0.0159. The van der Waals surface area contributed by atoms with Crippen LogP contribution in [0.3, 0.4) is 0 Å². The highest BCUT2D eigenvalue weighted by molar-refractivity contribution is 7.12. The topological polar surface area (TPSA) is 32.3 Å². The summed E-state index contributed by atoms with van der Waals surface area (Å²) in [7, 11) is 0. The van der Waals surface area contributed by atoms with E-state index in [4.69, 9.17) is 0 Å². The summed E-state index contributed by atoms with van der Waals surface area (Å²) >= 11 is 1.66. The van der Waals surface area contributed by atoms with Crippen molar-refractivity contribution in [3.63, 3.8) is 0 Å². The van der Waals surface area contributed by atoms with Crippen LogP contribution in [0, 0.1) is 13.8 Å². The molecule has 110 valence electrons. The molecule has 0 spiro atoms. The monoisotopic (exact) mass is 300 g/mol. The summed E-state index contributed by atoms with van der Waals surface area (Å²) < 4.78 is 0. The second-order valence-electron chi connectivity index (χ2n) is 5.45. The van der Waals surface area contributed by atoms with Gasteiger partial charge in [-0.1, -0.05) is 6.07 Å². The maximum absolute atomic E-state index is 12.4. The SMILES string of the molecule is CCN1CCc2ccc(NC(=O)c3cc(C)sc3C)cc21. The number of hydrogen-bond donors (Lipinski definition) is 1. The van der Waals surface area contributed by atoms with E-state index in [1.165, 1.54) is 16.1 Å². The number of amides is 1. The molecule has 1 aliphatic rings. The van der Waals surface area contributed by atoms with Crippen LogP contribution >= 0.6 is 11.3 Å². The van der Waals surface area contributed by atoms with Gasteiger partial charge < -0.3 is 10.2 Å². The lowest BCUT2D eigenvalue weighted by atomic mass is 10.1. The predicted molar refractivity (Wildman–Crippen MR) is 89.8 cm³/mol. The van der Waals surface area contributed by atoms with Crippen molar-refractivity contribution in [1.82, 2.24) is 0 Å². The molecule has 1 aromatic carbocycles. The summed E-state index contributed by atoms with van der Waals surface area (Å²) in [6, 6.07) is 8.19. The van der Waals surface area contributed by atoms with Crippen molar-refractivity contribution >= 4 is 28.6 Å². The third-order valence-corrected chi connectivity index (χ3v) is 4.97. The van der Waals surface area contributed by atoms with Crippen molar-refractivity contribution in [1.29, 1.82) is 0 Å². The van der Waals surface area contributed by atoms with E-state index in [0.717, 1.165) is 35.6 Å². The summed E-state index contributed by atoms with van der Waals surface area (Å²) in [5.41, 5.74) is 4.29. The van der Waals surface area contributed by atoms with Crippen LogP contribution in [-0.4, -0.2) is 19.0 Å². The standard InChI is InChI=1S/C17H20N2OS/c1-4-19-8-7-13-5-6-14(10-16(13)19)18-17(20)15-9-11(2)21-12(15)3/h5-6,9-10H,4,7-8H2,1-3H3,(H,18,20). The van der Waals surface area contributed by atoms with Crippen LogP contribution in [0.2, 0.25) is 0 Å². The van der Waals surface area contributed by atoms with Crippen LogP contribution in [-0.2, 0) is 6.42 Å². The minimum atomic E-state index is -0.0159. The molecule has 0 unspecified atom stereocenters. The first-order valence-corrected chi connectivity index (χ1v) is 8.16. The Morgan fingerprint density at radius 3 is 2.81 bits per heavy atom. The Morgan fingerprint density at radius 2 is 2.14 bits per heavy atom. The second-order valence-corrected chi connectivity index (χ2v) is 6.91. The number of thiophene rings is 1. The van der Waals surface area contributed by atoms with E-state index in [1.54, 1.807) is 11.3 Å². The second kappa shape index (κ2) is 5.53. The van der Waals surface area contributed by atoms with Gasteiger partial charge in [0.1, 0.15) is 0 Å². The number of aryl methyl sites for hydroxylation is 2. The minimum absolute atomic E-state index is 0.0159. The molecule has 3 rings (SSSR count). The minimum Gasteiger partial charge on any atom is -0.371 e. The molecule has 0 aliphatic carbocycles. The average molecular weight is 300 g/mol. The number of nitrogens with one attached hydrogen (secondary N) is 1. The molecular weight excluding hydrogens is 280 g/mol. The Labute approximate surface area is 129 Å². The van der Waals surface area contributed by atoms with Crippen LogP contribution in [0.1, 0.15) is 32.6 Å². The lowest BCUT2D eigenvalue weighted by Gasteiger charge is -2.17. The highest BCUT2D eigenvalue weighted by Gasteiger charge is 2.19. The largest absolute Gasteiger partial charge is 0.371 e. The van der Waals surface area contributed by atoms with Crippen molar-refractivity contribution in [2.24, 2.45) is 0 Å². The molecular formula is C17H20N2OS. The zero-order valence-electron chi connectivity index (χ0n) is 12.7. The predicted octanol–water partition coefficient (Wildman–Crippen LogP) is 4.00. The van der Waals surface area contributed by atoms with Gasteiger partial charge in [0, 0.05) is 34.2 Å². The van der Waals surface area contributed by atoms with E-state index in [9.17, 15) is 4.79 Å². The van der Waals surface area contributed by atoms with E-state index in [0.29, 0.717) is 0 Å². The molecule has 0 bridgehead atoms. The molecule has 0 saturated carbocycles. The van der Waals surface area contributed by atoms with Crippen molar-refractivity contribution in [2.75, 3.05) is 23.3 Å². The highest BCUT2D eigenvalue weighted by Crippen LogP contribution is 2.31. The smallest absolute Gasteiger partial charge is 0.256 e. The fraction of sp³-hybridized carbons (Fsp3) is 0.353. The van der Waals surface area contributed by atoms with E-state index in [-0.39, 0.29) is 5.91 Å². The first-order valence-electron chi connectivity index (χ1n) is 7.34. The number of likely N-dealkylation sites (N-methyl/N-ethyl adjacent to an activating group) is 1. The highest BCUT2D eigenvalue weighted by atomic mass is 32.1. The maximum atomic E-state index is 12.4. The number of nitrogens with zero attached hydrogens (tertiary/aromatic N) is 1. The molecule has 4 heteroatoms. The van der Waals surface area contributed by atoms with Crippen LogP contribution < -0.4 is 10.2 Å². The molecule has 1 N–H and O–H groups in total. The third-order valence-electron chi connectivity index (χ3n) is 4.00. The Balaban J connectivity index is 1.83. The van der Waals surface area contributed by atoms with Gasteiger partial charge in [0.05, 0.1) is 5.56 Å². The van der Waals surface area contributed by atoms with Crippen LogP contribution in [0.5, 0.6) is 0 Å². The Hall–Kier alpha value is -1.81. The molecule has 1 aromatic heterocycles. The molecule has 0 radical (unpaired) electrons. The summed E-state index contributed by atoms with van der Waals surface area (Å²) in [5, 5.41) is 3.03. The van der Waals surface area contributed by atoms with Gasteiger partial charge in [0.2, 0.25) is 0 Å². The number of benzene rings is 1. The van der Waals surface area contributed by atoms with Gasteiger partial charge in [-0.2, -0.15) is 0 Å². The molecule has 0 fully saturated rings. The lowest BCUT2D eigenvalue weighted by Crippen LogP contribution is -2.19. The lowest BCUT2D eigenvalue weighted by molar-refractivity contribution is 0.102. The van der Waals surface area contributed by atoms with Gasteiger partial charge in [-0.05, 0) is 51.0 Å². The molecule has 2 aromatic rings. The fourth-order valence-corrected chi connectivity index (χ4v) is 3.83. The maximum Gasteiger partial charge on any atom is 0.256 e. The van der Waals surface area contributed by atoms with E-state index in [1.807, 2.05) is 26.0 Å². The molecule has 1 aliphatic heterocycles. The number of anilines is 2. The van der Waals surface area contributed by atoms with Gasteiger partial charge in [0.15, 0.2) is 0 Å². The molecule has 3 nitrogen and oxygen atoms in total. The van der Waals surface area contributed by atoms with Crippen LogP contribution in [0.25, 0.3) is 0 Å². The number of hydrogen-bond acceptors (Lipinski definition) is 3. The van der Waals surface area contributed by atoms with Crippen LogP contribution in [0.4, 0.5) is 11.4 Å².